The lowest BCUT2D eigenvalue weighted by Crippen LogP contribution is -2.30. The molecular weight excluding hydrogens is 206 g/mol. The fourth-order valence-corrected chi connectivity index (χ4v) is 1.97. The average Bonchev–Trinajstić information content (AvgIpc) is 2.06. The maximum Gasteiger partial charge on any atom is 0.00270 e. The van der Waals surface area contributed by atoms with Crippen molar-refractivity contribution in [2.24, 2.45) is 10.8 Å². The zero-order valence-electron chi connectivity index (χ0n) is 13.1. The van der Waals surface area contributed by atoms with E-state index in [1.54, 1.807) is 0 Å². The molecule has 17 heavy (non-hydrogen) atoms. The lowest BCUT2D eigenvalue weighted by Gasteiger charge is -2.26. The van der Waals surface area contributed by atoms with Crippen LogP contribution in [0.25, 0.3) is 0 Å². The molecule has 0 atom stereocenters. The van der Waals surface area contributed by atoms with Gasteiger partial charge in [-0.3, -0.25) is 0 Å². The fourth-order valence-electron chi connectivity index (χ4n) is 1.97. The Morgan fingerprint density at radius 3 is 2.00 bits per heavy atom. The van der Waals surface area contributed by atoms with Gasteiger partial charge in [0, 0.05) is 6.54 Å². The maximum absolute atomic E-state index is 2.45. The highest BCUT2D eigenvalue weighted by atomic mass is 15.1. The summed E-state index contributed by atoms with van der Waals surface area (Å²) in [4.78, 5) is 2.45. The van der Waals surface area contributed by atoms with Gasteiger partial charge in [-0.25, -0.2) is 0 Å². The Kier molecular flexibility index (Phi) is 7.08. The van der Waals surface area contributed by atoms with Crippen LogP contribution in [0.1, 0.15) is 60.8 Å². The lowest BCUT2D eigenvalue weighted by atomic mass is 9.95. The molecule has 0 heterocycles. The van der Waals surface area contributed by atoms with Gasteiger partial charge < -0.3 is 4.90 Å². The third kappa shape index (κ3) is 13.6. The summed E-state index contributed by atoms with van der Waals surface area (Å²) in [7, 11) is 2.23. The van der Waals surface area contributed by atoms with E-state index in [9.17, 15) is 0 Å². The molecule has 0 aromatic rings. The van der Waals surface area contributed by atoms with E-state index in [1.807, 2.05) is 0 Å². The molecule has 0 aliphatic carbocycles. The topological polar surface area (TPSA) is 3.24 Å². The van der Waals surface area contributed by atoms with Gasteiger partial charge in [-0.1, -0.05) is 53.7 Å². The highest BCUT2D eigenvalue weighted by Gasteiger charge is 2.12. The summed E-state index contributed by atoms with van der Waals surface area (Å²) in [6.07, 6.45) is 8.50. The zero-order valence-corrected chi connectivity index (χ0v) is 13.1. The molecule has 0 fully saturated rings. The SMILES string of the molecule is CN(CCCC/C=C/C(C)(C)C)CC(C)(C)C. The minimum Gasteiger partial charge on any atom is -0.306 e. The molecule has 0 spiro atoms. The first-order chi connectivity index (χ1) is 7.60. The molecule has 0 unspecified atom stereocenters. The van der Waals surface area contributed by atoms with Crippen molar-refractivity contribution in [2.45, 2.75) is 60.8 Å². The van der Waals surface area contributed by atoms with Crippen molar-refractivity contribution in [1.82, 2.24) is 4.90 Å². The summed E-state index contributed by atoms with van der Waals surface area (Å²) in [5, 5.41) is 0. The van der Waals surface area contributed by atoms with E-state index in [0.29, 0.717) is 10.8 Å². The van der Waals surface area contributed by atoms with Crippen LogP contribution in [0.5, 0.6) is 0 Å². The van der Waals surface area contributed by atoms with Crippen molar-refractivity contribution in [2.75, 3.05) is 20.1 Å². The van der Waals surface area contributed by atoms with Crippen molar-refractivity contribution in [3.63, 3.8) is 0 Å². The molecule has 0 aromatic carbocycles. The van der Waals surface area contributed by atoms with E-state index >= 15 is 0 Å². The Morgan fingerprint density at radius 1 is 0.941 bits per heavy atom. The third-order valence-corrected chi connectivity index (χ3v) is 2.52. The van der Waals surface area contributed by atoms with Gasteiger partial charge in [0.05, 0.1) is 0 Å². The molecule has 0 aliphatic rings. The molecular formula is C16H33N. The summed E-state index contributed by atoms with van der Waals surface area (Å²) in [5.74, 6) is 0. The molecule has 0 N–H and O–H groups in total. The molecule has 0 aromatic heterocycles. The largest absolute Gasteiger partial charge is 0.306 e. The quantitative estimate of drug-likeness (QED) is 0.478. The van der Waals surface area contributed by atoms with Crippen LogP contribution in [-0.2, 0) is 0 Å². The number of nitrogens with zero attached hydrogens (tertiary/aromatic N) is 1. The summed E-state index contributed by atoms with van der Waals surface area (Å²) in [6, 6.07) is 0. The molecule has 0 saturated heterocycles. The molecule has 0 amide bonds. The van der Waals surface area contributed by atoms with Crippen molar-refractivity contribution in [3.8, 4) is 0 Å². The van der Waals surface area contributed by atoms with Gasteiger partial charge in [-0.15, -0.1) is 0 Å². The zero-order chi connectivity index (χ0) is 13.5. The first kappa shape index (κ1) is 16.7. The van der Waals surface area contributed by atoms with Crippen LogP contribution in [0, 0.1) is 10.8 Å². The molecule has 0 radical (unpaired) electrons. The minimum atomic E-state index is 0.336. The van der Waals surface area contributed by atoms with Crippen LogP contribution in [0.4, 0.5) is 0 Å². The van der Waals surface area contributed by atoms with E-state index in [1.165, 1.54) is 32.4 Å². The first-order valence-electron chi connectivity index (χ1n) is 6.96. The minimum absolute atomic E-state index is 0.336. The average molecular weight is 239 g/mol. The maximum atomic E-state index is 2.45. The van der Waals surface area contributed by atoms with Crippen LogP contribution in [0.2, 0.25) is 0 Å². The van der Waals surface area contributed by atoms with Crippen LogP contribution >= 0.6 is 0 Å². The Hall–Kier alpha value is -0.300. The van der Waals surface area contributed by atoms with E-state index in [4.69, 9.17) is 0 Å². The Labute approximate surface area is 109 Å². The lowest BCUT2D eigenvalue weighted by molar-refractivity contribution is 0.224. The summed E-state index contributed by atoms with van der Waals surface area (Å²) in [6.45, 7) is 16.1. The Bertz CT molecular complexity index is 215. The predicted molar refractivity (Wildman–Crippen MR) is 79.4 cm³/mol. The van der Waals surface area contributed by atoms with Gasteiger partial charge in [-0.05, 0) is 43.7 Å². The number of hydrogen-bond acceptors (Lipinski definition) is 1. The second-order valence-electron chi connectivity index (χ2n) is 7.56. The van der Waals surface area contributed by atoms with Crippen molar-refractivity contribution in [3.05, 3.63) is 12.2 Å². The second-order valence-corrected chi connectivity index (χ2v) is 7.56. The van der Waals surface area contributed by atoms with Crippen LogP contribution in [0.15, 0.2) is 12.2 Å². The smallest absolute Gasteiger partial charge is 0.00270 e. The van der Waals surface area contributed by atoms with Gasteiger partial charge >= 0.3 is 0 Å². The highest BCUT2D eigenvalue weighted by molar-refractivity contribution is 4.91. The number of unbranched alkanes of at least 4 members (excludes halogenated alkanes) is 2. The fraction of sp³-hybridized carbons (Fsp3) is 0.875. The van der Waals surface area contributed by atoms with Gasteiger partial charge in [0.25, 0.3) is 0 Å². The molecule has 0 bridgehead atoms. The number of rotatable bonds is 6. The Morgan fingerprint density at radius 2 is 1.53 bits per heavy atom. The molecule has 1 nitrogen and oxygen atoms in total. The monoisotopic (exact) mass is 239 g/mol. The first-order valence-corrected chi connectivity index (χ1v) is 6.96. The third-order valence-electron chi connectivity index (χ3n) is 2.52. The van der Waals surface area contributed by atoms with E-state index in [-0.39, 0.29) is 0 Å². The van der Waals surface area contributed by atoms with Gasteiger partial charge in [0.1, 0.15) is 0 Å². The predicted octanol–water partition coefficient (Wildman–Crippen LogP) is 4.74. The molecule has 0 aliphatic heterocycles. The molecule has 102 valence electrons. The summed E-state index contributed by atoms with van der Waals surface area (Å²) in [5.41, 5.74) is 0.754. The van der Waals surface area contributed by atoms with Gasteiger partial charge in [0.15, 0.2) is 0 Å². The summed E-state index contributed by atoms with van der Waals surface area (Å²) >= 11 is 0. The molecule has 0 saturated carbocycles. The number of hydrogen-bond donors (Lipinski definition) is 0. The van der Waals surface area contributed by atoms with Crippen LogP contribution in [-0.4, -0.2) is 25.0 Å². The van der Waals surface area contributed by atoms with Crippen LogP contribution in [0.3, 0.4) is 0 Å². The molecule has 1 heteroatoms. The van der Waals surface area contributed by atoms with Crippen molar-refractivity contribution < 1.29 is 0 Å². The standard InChI is InChI=1S/C16H33N/c1-15(2,3)12-10-8-9-11-13-17(7)14-16(4,5)6/h10,12H,8-9,11,13-14H2,1-7H3/b12-10+. The summed E-state index contributed by atoms with van der Waals surface area (Å²) < 4.78 is 0. The van der Waals surface area contributed by atoms with Crippen LogP contribution < -0.4 is 0 Å². The van der Waals surface area contributed by atoms with Crippen molar-refractivity contribution in [1.29, 1.82) is 0 Å². The normalized spacial score (nSPS) is 13.9. The van der Waals surface area contributed by atoms with Gasteiger partial charge in [0.2, 0.25) is 0 Å². The highest BCUT2D eigenvalue weighted by Crippen LogP contribution is 2.16. The molecule has 0 rings (SSSR count). The van der Waals surface area contributed by atoms with E-state index in [0.717, 1.165) is 0 Å². The van der Waals surface area contributed by atoms with Crippen molar-refractivity contribution >= 4 is 0 Å². The van der Waals surface area contributed by atoms with Gasteiger partial charge in [-0.2, -0.15) is 0 Å². The second kappa shape index (κ2) is 7.20. The Balaban J connectivity index is 3.56. The van der Waals surface area contributed by atoms with E-state index in [2.05, 4.69) is 65.6 Å². The number of allylic oxidation sites excluding steroid dienone is 2. The van der Waals surface area contributed by atoms with E-state index < -0.39 is 0 Å².